The number of imide groups is 1. The van der Waals surface area contributed by atoms with Crippen molar-refractivity contribution in [3.63, 3.8) is 0 Å². The number of benzene rings is 2. The third-order valence-electron chi connectivity index (χ3n) is 5.79. The standard InChI is InChI=1S/C23H17Cl2N3O6/c24-14-8-9-18(19(25)11-14)20(29)12-26(21(30)13-4-3-5-15(10-13)28(33)34)27-22(31)16-6-1-2-7-17(16)23(27)32/h1-5,8-11,16-17H,6-7,12H2/t16-,17+. The van der Waals surface area contributed by atoms with Crippen LogP contribution in [0.25, 0.3) is 0 Å². The van der Waals surface area contributed by atoms with E-state index in [9.17, 15) is 29.3 Å². The van der Waals surface area contributed by atoms with E-state index in [-0.39, 0.29) is 21.8 Å². The molecule has 0 spiro atoms. The zero-order valence-corrected chi connectivity index (χ0v) is 19.0. The Morgan fingerprint density at radius 2 is 1.68 bits per heavy atom. The summed E-state index contributed by atoms with van der Waals surface area (Å²) in [5.74, 6) is -4.05. The van der Waals surface area contributed by atoms with Crippen LogP contribution in [0.4, 0.5) is 5.69 Å². The summed E-state index contributed by atoms with van der Waals surface area (Å²) in [4.78, 5) is 63.3. The fourth-order valence-electron chi connectivity index (χ4n) is 4.09. The Balaban J connectivity index is 1.73. The van der Waals surface area contributed by atoms with E-state index in [0.29, 0.717) is 22.9 Å². The molecule has 2 atom stereocenters. The van der Waals surface area contributed by atoms with Gasteiger partial charge in [0.2, 0.25) is 0 Å². The lowest BCUT2D eigenvalue weighted by Gasteiger charge is -2.30. The molecule has 1 aliphatic carbocycles. The van der Waals surface area contributed by atoms with Crippen molar-refractivity contribution in [2.75, 3.05) is 6.54 Å². The molecule has 2 aliphatic rings. The molecular weight excluding hydrogens is 485 g/mol. The van der Waals surface area contributed by atoms with Gasteiger partial charge in [-0.05, 0) is 37.1 Å². The fourth-order valence-corrected chi connectivity index (χ4v) is 4.61. The van der Waals surface area contributed by atoms with Gasteiger partial charge in [0.05, 0.1) is 21.8 Å². The van der Waals surface area contributed by atoms with Crippen molar-refractivity contribution in [3.05, 3.63) is 85.9 Å². The summed E-state index contributed by atoms with van der Waals surface area (Å²) in [6, 6.07) is 9.01. The molecule has 9 nitrogen and oxygen atoms in total. The number of nitro benzene ring substituents is 1. The van der Waals surface area contributed by atoms with Gasteiger partial charge in [-0.15, -0.1) is 0 Å². The van der Waals surface area contributed by atoms with Crippen molar-refractivity contribution < 1.29 is 24.1 Å². The Hall–Kier alpha value is -3.56. The van der Waals surface area contributed by atoms with Crippen LogP contribution in [0.2, 0.25) is 10.0 Å². The first kappa shape index (κ1) is 23.6. The van der Waals surface area contributed by atoms with Crippen LogP contribution >= 0.6 is 23.2 Å². The van der Waals surface area contributed by atoms with Gasteiger partial charge in [0, 0.05) is 28.3 Å². The predicted octanol–water partition coefficient (Wildman–Crippen LogP) is 4.09. The average Bonchev–Trinajstić information content (AvgIpc) is 3.07. The molecular formula is C23H17Cl2N3O6. The largest absolute Gasteiger partial charge is 0.292 e. The van der Waals surface area contributed by atoms with E-state index >= 15 is 0 Å². The number of carbonyl (C=O) groups excluding carboxylic acids is 4. The highest BCUT2D eigenvalue weighted by Gasteiger charge is 2.51. The minimum Gasteiger partial charge on any atom is -0.292 e. The van der Waals surface area contributed by atoms with Crippen LogP contribution in [-0.4, -0.2) is 45.0 Å². The van der Waals surface area contributed by atoms with Gasteiger partial charge in [0.25, 0.3) is 23.4 Å². The summed E-state index contributed by atoms with van der Waals surface area (Å²) < 4.78 is 0. The van der Waals surface area contributed by atoms with Gasteiger partial charge in [-0.3, -0.25) is 29.3 Å². The molecule has 1 fully saturated rings. The summed E-state index contributed by atoms with van der Waals surface area (Å²) in [6.07, 6.45) is 4.26. The molecule has 0 N–H and O–H groups in total. The van der Waals surface area contributed by atoms with Gasteiger partial charge in [-0.25, -0.2) is 5.01 Å². The highest BCUT2D eigenvalue weighted by Crippen LogP contribution is 2.36. The maximum Gasteiger partial charge on any atom is 0.273 e. The van der Waals surface area contributed by atoms with Crippen LogP contribution in [0.15, 0.2) is 54.6 Å². The van der Waals surface area contributed by atoms with Crippen molar-refractivity contribution in [1.82, 2.24) is 10.0 Å². The van der Waals surface area contributed by atoms with E-state index in [2.05, 4.69) is 0 Å². The normalized spacial score (nSPS) is 19.2. The second kappa shape index (κ2) is 9.36. The molecule has 174 valence electrons. The number of hydrogen-bond acceptors (Lipinski definition) is 6. The van der Waals surface area contributed by atoms with E-state index in [0.717, 1.165) is 11.1 Å². The molecule has 1 aliphatic heterocycles. The molecule has 2 aromatic rings. The molecule has 2 aromatic carbocycles. The lowest BCUT2D eigenvalue weighted by molar-refractivity contribution is -0.384. The number of non-ortho nitro benzene ring substituents is 1. The number of ketones is 1. The van der Waals surface area contributed by atoms with Gasteiger partial charge in [0.15, 0.2) is 5.78 Å². The molecule has 11 heteroatoms. The molecule has 0 aromatic heterocycles. The van der Waals surface area contributed by atoms with E-state index < -0.39 is 46.8 Å². The summed E-state index contributed by atoms with van der Waals surface area (Å²) in [5.41, 5.74) is -0.464. The van der Waals surface area contributed by atoms with E-state index in [1.54, 1.807) is 12.2 Å². The first-order valence-electron chi connectivity index (χ1n) is 10.3. The highest BCUT2D eigenvalue weighted by molar-refractivity contribution is 6.37. The van der Waals surface area contributed by atoms with Crippen molar-refractivity contribution in [2.24, 2.45) is 11.8 Å². The predicted molar refractivity (Wildman–Crippen MR) is 122 cm³/mol. The molecule has 34 heavy (non-hydrogen) atoms. The first-order valence-corrected chi connectivity index (χ1v) is 11.0. The Morgan fingerprint density at radius 3 is 2.26 bits per heavy atom. The van der Waals surface area contributed by atoms with Gasteiger partial charge >= 0.3 is 0 Å². The van der Waals surface area contributed by atoms with Crippen molar-refractivity contribution in [3.8, 4) is 0 Å². The summed E-state index contributed by atoms with van der Waals surface area (Å²) in [6.45, 7) is -0.687. The zero-order chi connectivity index (χ0) is 24.6. The zero-order valence-electron chi connectivity index (χ0n) is 17.5. The van der Waals surface area contributed by atoms with Crippen LogP contribution in [0.3, 0.4) is 0 Å². The van der Waals surface area contributed by atoms with Gasteiger partial charge < -0.3 is 0 Å². The number of rotatable bonds is 6. The third kappa shape index (κ3) is 4.32. The topological polar surface area (TPSA) is 118 Å². The SMILES string of the molecule is O=C(CN(C(=O)c1cccc([N+](=O)[O-])c1)N1C(=O)[C@H]2CC=CC[C@H]2C1=O)c1ccc(Cl)cc1Cl. The molecule has 4 rings (SSSR count). The van der Waals surface area contributed by atoms with Crippen molar-refractivity contribution in [1.29, 1.82) is 0 Å². The molecule has 0 radical (unpaired) electrons. The maximum atomic E-state index is 13.4. The highest BCUT2D eigenvalue weighted by atomic mass is 35.5. The van der Waals surface area contributed by atoms with E-state index in [1.165, 1.54) is 36.4 Å². The Morgan fingerprint density at radius 1 is 1.03 bits per heavy atom. The van der Waals surface area contributed by atoms with E-state index in [1.807, 2.05) is 0 Å². The van der Waals surface area contributed by atoms with Crippen LogP contribution in [0.1, 0.15) is 33.6 Å². The van der Waals surface area contributed by atoms with Gasteiger partial charge in [-0.1, -0.05) is 41.4 Å². The number of allylic oxidation sites excluding steroid dienone is 2. The number of carbonyl (C=O) groups is 4. The lowest BCUT2D eigenvalue weighted by Crippen LogP contribution is -2.52. The Kier molecular flexibility index (Phi) is 6.49. The average molecular weight is 502 g/mol. The van der Waals surface area contributed by atoms with E-state index in [4.69, 9.17) is 23.2 Å². The lowest BCUT2D eigenvalue weighted by atomic mass is 9.85. The number of nitrogens with zero attached hydrogens (tertiary/aromatic N) is 3. The van der Waals surface area contributed by atoms with Crippen LogP contribution in [-0.2, 0) is 9.59 Å². The summed E-state index contributed by atoms with van der Waals surface area (Å²) in [5, 5.41) is 13.0. The fraction of sp³-hybridized carbons (Fsp3) is 0.217. The number of hydrogen-bond donors (Lipinski definition) is 0. The summed E-state index contributed by atoms with van der Waals surface area (Å²) >= 11 is 12.0. The summed E-state index contributed by atoms with van der Waals surface area (Å²) in [7, 11) is 0. The number of Topliss-reactive ketones (excluding diaryl/α,β-unsaturated/α-hetero) is 1. The minimum atomic E-state index is -0.907. The first-order chi connectivity index (χ1) is 16.2. The van der Waals surface area contributed by atoms with Crippen molar-refractivity contribution >= 4 is 52.4 Å². The molecule has 0 saturated carbocycles. The van der Waals surface area contributed by atoms with Crippen LogP contribution < -0.4 is 0 Å². The Bertz CT molecular complexity index is 1240. The minimum absolute atomic E-state index is 0.0391. The second-order valence-electron chi connectivity index (χ2n) is 7.86. The number of fused-ring (bicyclic) bond motifs is 1. The number of amides is 3. The molecule has 1 saturated heterocycles. The van der Waals surface area contributed by atoms with Gasteiger partial charge in [0.1, 0.15) is 6.54 Å². The molecule has 3 amide bonds. The van der Waals surface area contributed by atoms with Gasteiger partial charge in [-0.2, -0.15) is 5.01 Å². The number of nitro groups is 1. The molecule has 1 heterocycles. The van der Waals surface area contributed by atoms with Crippen LogP contribution in [0, 0.1) is 22.0 Å². The monoisotopic (exact) mass is 501 g/mol. The third-order valence-corrected chi connectivity index (χ3v) is 6.34. The molecule has 0 unspecified atom stereocenters. The maximum absolute atomic E-state index is 13.4. The number of halogens is 2. The van der Waals surface area contributed by atoms with Crippen LogP contribution in [0.5, 0.6) is 0 Å². The second-order valence-corrected chi connectivity index (χ2v) is 8.71. The number of hydrazine groups is 1. The smallest absolute Gasteiger partial charge is 0.273 e. The van der Waals surface area contributed by atoms with Crippen molar-refractivity contribution in [2.45, 2.75) is 12.8 Å². The quantitative estimate of drug-likeness (QED) is 0.193. The molecule has 0 bridgehead atoms. The Labute approximate surface area is 203 Å².